The smallest absolute Gasteiger partial charge is 0.315 e. The first-order chi connectivity index (χ1) is 24.0. The molecule has 5 N–H and O–H groups in total. The van der Waals surface area contributed by atoms with Gasteiger partial charge in [0.05, 0.1) is 18.1 Å². The van der Waals surface area contributed by atoms with Crippen molar-refractivity contribution in [2.24, 2.45) is 5.41 Å². The summed E-state index contributed by atoms with van der Waals surface area (Å²) in [7, 11) is 0. The van der Waals surface area contributed by atoms with Gasteiger partial charge in [0.15, 0.2) is 11.9 Å². The van der Waals surface area contributed by atoms with Gasteiger partial charge in [-0.15, -0.1) is 11.3 Å². The van der Waals surface area contributed by atoms with Crippen molar-refractivity contribution < 1.29 is 29.0 Å². The molecule has 2 fully saturated rings. The van der Waals surface area contributed by atoms with E-state index in [1.54, 1.807) is 18.3 Å². The van der Waals surface area contributed by atoms with E-state index in [9.17, 15) is 24.3 Å². The molecule has 0 bridgehead atoms. The van der Waals surface area contributed by atoms with E-state index < -0.39 is 65.0 Å². The summed E-state index contributed by atoms with van der Waals surface area (Å²) in [6, 6.07) is 3.92. The van der Waals surface area contributed by atoms with Crippen LogP contribution in [0.5, 0.6) is 5.88 Å². The van der Waals surface area contributed by atoms with Crippen LogP contribution in [0.3, 0.4) is 0 Å². The number of likely N-dealkylation sites (tertiary alicyclic amines) is 1. The van der Waals surface area contributed by atoms with Gasteiger partial charge in [-0.2, -0.15) is 4.98 Å². The number of aliphatic hydroxyl groups is 1. The molecule has 0 spiro atoms. The number of fused-ring (bicyclic) bond motifs is 1. The van der Waals surface area contributed by atoms with Crippen molar-refractivity contribution in [2.75, 3.05) is 6.54 Å². The van der Waals surface area contributed by atoms with Crippen LogP contribution in [0, 0.1) is 5.41 Å². The maximum Gasteiger partial charge on any atom is 0.315 e. The fourth-order valence-electron chi connectivity index (χ4n) is 5.98. The lowest BCUT2D eigenvalue weighted by Gasteiger charge is -2.36. The molecule has 4 heterocycles. The van der Waals surface area contributed by atoms with Crippen LogP contribution in [0.2, 0.25) is 0 Å². The van der Waals surface area contributed by atoms with Gasteiger partial charge in [-0.05, 0) is 69.0 Å². The number of aromatic nitrogens is 3. The number of rotatable bonds is 12. The number of carbonyl (C=O) groups is 4. The third-order valence-corrected chi connectivity index (χ3v) is 9.56. The molecule has 3 aromatic rings. The average molecular weight is 723 g/mol. The highest BCUT2D eigenvalue weighted by molar-refractivity contribution is 7.17. The Morgan fingerprint density at radius 3 is 2.43 bits per heavy atom. The van der Waals surface area contributed by atoms with Crippen molar-refractivity contribution in [1.29, 1.82) is 0 Å². The molecule has 276 valence electrons. The highest BCUT2D eigenvalue weighted by Crippen LogP contribution is 2.34. The number of pyridine rings is 1. The minimum absolute atomic E-state index is 0.0189. The van der Waals surface area contributed by atoms with Crippen LogP contribution in [-0.4, -0.2) is 97.2 Å². The second-order valence-corrected chi connectivity index (χ2v) is 16.4. The molecule has 15 heteroatoms. The quantitative estimate of drug-likeness (QED) is 0.186. The molecule has 5 atom stereocenters. The lowest BCUT2D eigenvalue weighted by Crippen LogP contribution is -2.61. The van der Waals surface area contributed by atoms with Crippen molar-refractivity contribution in [1.82, 2.24) is 41.1 Å². The Morgan fingerprint density at radius 2 is 1.80 bits per heavy atom. The Labute approximate surface area is 302 Å². The number of nitrogens with one attached hydrogen (secondary N) is 4. The number of hydrogen-bond donors (Lipinski definition) is 5. The largest absolute Gasteiger partial charge is 0.471 e. The summed E-state index contributed by atoms with van der Waals surface area (Å²) in [6.45, 7) is 13.0. The first-order valence-corrected chi connectivity index (χ1v) is 18.4. The van der Waals surface area contributed by atoms with Crippen molar-refractivity contribution in [3.8, 4) is 17.4 Å². The Hall–Kier alpha value is -4.37. The van der Waals surface area contributed by atoms with E-state index in [2.05, 4.69) is 31.2 Å². The van der Waals surface area contributed by atoms with E-state index in [-0.39, 0.29) is 19.0 Å². The molecule has 3 aromatic heterocycles. The Morgan fingerprint density at radius 1 is 1.06 bits per heavy atom. The highest BCUT2D eigenvalue weighted by atomic mass is 32.1. The molecule has 5 amide bonds. The van der Waals surface area contributed by atoms with Crippen LogP contribution in [0.25, 0.3) is 21.7 Å². The molecule has 1 aliphatic heterocycles. The average Bonchev–Trinajstić information content (AvgIpc) is 3.56. The topological polar surface area (TPSA) is 188 Å². The third kappa shape index (κ3) is 9.70. The first kappa shape index (κ1) is 37.9. The number of urea groups is 1. The summed E-state index contributed by atoms with van der Waals surface area (Å²) in [5, 5.41) is 24.2. The fraction of sp³-hybridized carbons (Fsp3) is 0.583. The maximum atomic E-state index is 14.5. The Bertz CT molecular complexity index is 1720. The third-order valence-electron chi connectivity index (χ3n) is 8.67. The van der Waals surface area contributed by atoms with Gasteiger partial charge < -0.3 is 36.0 Å². The monoisotopic (exact) mass is 722 g/mol. The Kier molecular flexibility index (Phi) is 11.5. The fourth-order valence-corrected chi connectivity index (χ4v) is 6.74. The van der Waals surface area contributed by atoms with Gasteiger partial charge in [0.2, 0.25) is 17.7 Å². The van der Waals surface area contributed by atoms with Crippen molar-refractivity contribution in [3.05, 3.63) is 35.8 Å². The van der Waals surface area contributed by atoms with Crippen LogP contribution in [-0.2, 0) is 14.4 Å². The van der Waals surface area contributed by atoms with Crippen molar-refractivity contribution in [2.45, 2.75) is 122 Å². The van der Waals surface area contributed by atoms with Gasteiger partial charge in [0, 0.05) is 24.2 Å². The van der Waals surface area contributed by atoms with Gasteiger partial charge in [-0.25, -0.2) is 9.78 Å². The minimum atomic E-state index is -1.46. The molecule has 3 unspecified atom stereocenters. The Balaban J connectivity index is 1.44. The summed E-state index contributed by atoms with van der Waals surface area (Å²) < 4.78 is 7.23. The van der Waals surface area contributed by atoms with Crippen LogP contribution < -0.4 is 26.0 Å². The zero-order chi connectivity index (χ0) is 37.1. The van der Waals surface area contributed by atoms with E-state index in [1.165, 1.54) is 16.2 Å². The molecule has 2 aliphatic rings. The number of ether oxygens (including phenoxy) is 1. The number of carbonyl (C=O) groups excluding carboxylic acids is 4. The molecule has 51 heavy (non-hydrogen) atoms. The normalized spacial score (nSPS) is 19.6. The van der Waals surface area contributed by atoms with Gasteiger partial charge >= 0.3 is 6.03 Å². The van der Waals surface area contributed by atoms with Crippen LogP contribution in [0.1, 0.15) is 80.6 Å². The maximum absolute atomic E-state index is 14.5. The molecule has 14 nitrogen and oxygen atoms in total. The SMILES string of the molecule is CCC[C@H](NC(=O)C1CC(Oc2nc(-c3ccccn3)nc3ccsc23)CN1C(=O)[C@@H](NC(=O)NC(C)(C)C)C(C)(C)C)C(O)C(=O)NC1CC1. The van der Waals surface area contributed by atoms with E-state index in [1.807, 2.05) is 66.0 Å². The molecule has 1 aliphatic carbocycles. The summed E-state index contributed by atoms with van der Waals surface area (Å²) in [4.78, 5) is 69.7. The van der Waals surface area contributed by atoms with Crippen LogP contribution >= 0.6 is 11.3 Å². The lowest BCUT2D eigenvalue weighted by molar-refractivity contribution is -0.143. The molecule has 1 saturated carbocycles. The number of hydrogen-bond acceptors (Lipinski definition) is 10. The number of thiophene rings is 1. The van der Waals surface area contributed by atoms with Gasteiger partial charge in [-0.3, -0.25) is 19.4 Å². The van der Waals surface area contributed by atoms with Crippen LogP contribution in [0.4, 0.5) is 4.79 Å². The summed E-state index contributed by atoms with van der Waals surface area (Å²) in [5.74, 6) is -0.850. The number of amides is 5. The number of aliphatic hydroxyl groups excluding tert-OH is 1. The molecule has 5 rings (SSSR count). The molecular formula is C36H50N8O6S. The molecule has 1 saturated heterocycles. The zero-order valence-electron chi connectivity index (χ0n) is 30.4. The second kappa shape index (κ2) is 15.5. The van der Waals surface area contributed by atoms with Crippen LogP contribution in [0.15, 0.2) is 35.8 Å². The standard InChI is InChI=1S/C36H50N8O6S/c1-8-11-22(26(45)31(47)38-20-13-14-20)40-30(46)25-18-21(19-44(25)33(48)28(35(2,3)4)41-34(49)43-36(5,6)7)50-32-27-23(15-17-51-27)39-29(42-32)24-12-9-10-16-37-24/h9-10,12,15-17,20-22,25-26,28,45H,8,11,13-14,18-19H2,1-7H3,(H,38,47)(H,40,46)(H2,41,43,49)/t21?,22-,25?,26?,28+/m0/s1. The van der Waals surface area contributed by atoms with Gasteiger partial charge in [-0.1, -0.05) is 40.2 Å². The molecular weight excluding hydrogens is 673 g/mol. The minimum Gasteiger partial charge on any atom is -0.471 e. The van der Waals surface area contributed by atoms with Gasteiger partial charge in [0.25, 0.3) is 5.91 Å². The second-order valence-electron chi connectivity index (χ2n) is 15.5. The summed E-state index contributed by atoms with van der Waals surface area (Å²) >= 11 is 1.41. The first-order valence-electron chi connectivity index (χ1n) is 17.5. The number of nitrogens with zero attached hydrogens (tertiary/aromatic N) is 4. The summed E-state index contributed by atoms with van der Waals surface area (Å²) in [5.41, 5.74) is -0.0467. The zero-order valence-corrected chi connectivity index (χ0v) is 31.2. The molecule has 0 aromatic carbocycles. The summed E-state index contributed by atoms with van der Waals surface area (Å²) in [6.07, 6.45) is 2.27. The van der Waals surface area contributed by atoms with Gasteiger partial charge in [0.1, 0.15) is 28.6 Å². The predicted molar refractivity (Wildman–Crippen MR) is 194 cm³/mol. The lowest BCUT2D eigenvalue weighted by atomic mass is 9.85. The van der Waals surface area contributed by atoms with E-state index in [4.69, 9.17) is 9.72 Å². The molecule has 0 radical (unpaired) electrons. The van der Waals surface area contributed by atoms with Crippen molar-refractivity contribution >= 4 is 45.3 Å². The van der Waals surface area contributed by atoms with E-state index in [0.29, 0.717) is 40.5 Å². The van der Waals surface area contributed by atoms with E-state index >= 15 is 0 Å². The predicted octanol–water partition coefficient (Wildman–Crippen LogP) is 3.54. The highest BCUT2D eigenvalue weighted by Gasteiger charge is 2.47. The van der Waals surface area contributed by atoms with Crippen molar-refractivity contribution in [3.63, 3.8) is 0 Å². The van der Waals surface area contributed by atoms with E-state index in [0.717, 1.165) is 12.8 Å².